The largest absolute Gasteiger partial charge is 0.409 e. The molecule has 1 aliphatic rings. The van der Waals surface area contributed by atoms with E-state index in [0.717, 1.165) is 32.2 Å². The smallest absolute Gasteiger partial charge is 0.236 e. The molecule has 0 bridgehead atoms. The quantitative estimate of drug-likeness (QED) is 0.347. The van der Waals surface area contributed by atoms with E-state index in [1.165, 1.54) is 0 Å². The summed E-state index contributed by atoms with van der Waals surface area (Å²) in [5.74, 6) is 0.637. The van der Waals surface area contributed by atoms with Crippen molar-refractivity contribution in [2.75, 3.05) is 13.6 Å². The van der Waals surface area contributed by atoms with Crippen LogP contribution in [-0.2, 0) is 4.79 Å². The summed E-state index contributed by atoms with van der Waals surface area (Å²) >= 11 is 0. The van der Waals surface area contributed by atoms with Crippen LogP contribution in [0.4, 0.5) is 0 Å². The van der Waals surface area contributed by atoms with Crippen molar-refractivity contribution in [2.45, 2.75) is 52.4 Å². The number of oxime groups is 1. The summed E-state index contributed by atoms with van der Waals surface area (Å²) in [6.45, 7) is 4.99. The maximum atomic E-state index is 12.7. The predicted octanol–water partition coefficient (Wildman–Crippen LogP) is 2.19. The lowest BCUT2D eigenvalue weighted by atomic mass is 9.72. The molecule has 1 aliphatic carbocycles. The van der Waals surface area contributed by atoms with Crippen LogP contribution in [-0.4, -0.2) is 35.4 Å². The second-order valence-electron chi connectivity index (χ2n) is 6.04. The Labute approximate surface area is 115 Å². The number of amidine groups is 1. The van der Waals surface area contributed by atoms with Crippen LogP contribution in [0.25, 0.3) is 0 Å². The first kappa shape index (κ1) is 15.8. The van der Waals surface area contributed by atoms with E-state index in [0.29, 0.717) is 18.8 Å². The van der Waals surface area contributed by atoms with Crippen LogP contribution in [0.3, 0.4) is 0 Å². The molecule has 0 aromatic carbocycles. The van der Waals surface area contributed by atoms with Gasteiger partial charge < -0.3 is 15.8 Å². The summed E-state index contributed by atoms with van der Waals surface area (Å²) < 4.78 is 0. The van der Waals surface area contributed by atoms with Gasteiger partial charge in [-0.2, -0.15) is 0 Å². The molecular weight excluding hydrogens is 242 g/mol. The Kier molecular flexibility index (Phi) is 5.63. The molecule has 0 spiro atoms. The number of amides is 1. The van der Waals surface area contributed by atoms with Crippen molar-refractivity contribution in [1.29, 1.82) is 0 Å². The molecule has 0 atom stereocenters. The zero-order chi connectivity index (χ0) is 14.5. The molecule has 19 heavy (non-hydrogen) atoms. The van der Waals surface area contributed by atoms with Gasteiger partial charge in [-0.3, -0.25) is 4.79 Å². The molecule has 0 radical (unpaired) electrons. The second kappa shape index (κ2) is 6.78. The zero-order valence-corrected chi connectivity index (χ0v) is 12.4. The number of hydrogen-bond acceptors (Lipinski definition) is 3. The molecule has 0 saturated heterocycles. The Morgan fingerprint density at radius 3 is 2.42 bits per heavy atom. The molecule has 0 aromatic rings. The number of carbonyl (C=O) groups is 1. The molecule has 5 nitrogen and oxygen atoms in total. The van der Waals surface area contributed by atoms with Gasteiger partial charge in [0.1, 0.15) is 5.41 Å². The van der Waals surface area contributed by atoms with Crippen LogP contribution < -0.4 is 5.73 Å². The summed E-state index contributed by atoms with van der Waals surface area (Å²) in [4.78, 5) is 14.4. The van der Waals surface area contributed by atoms with Crippen LogP contribution in [0.15, 0.2) is 5.16 Å². The van der Waals surface area contributed by atoms with Gasteiger partial charge in [0, 0.05) is 13.6 Å². The van der Waals surface area contributed by atoms with Crippen LogP contribution in [0.5, 0.6) is 0 Å². The Balaban J connectivity index is 2.83. The van der Waals surface area contributed by atoms with E-state index in [1.807, 2.05) is 7.05 Å². The summed E-state index contributed by atoms with van der Waals surface area (Å²) in [6, 6.07) is 0. The molecule has 1 saturated carbocycles. The van der Waals surface area contributed by atoms with Crippen molar-refractivity contribution in [2.24, 2.45) is 22.2 Å². The van der Waals surface area contributed by atoms with Gasteiger partial charge in [-0.25, -0.2) is 0 Å². The predicted molar refractivity (Wildman–Crippen MR) is 76.0 cm³/mol. The van der Waals surface area contributed by atoms with Gasteiger partial charge in [-0.05, 0) is 25.2 Å². The lowest BCUT2D eigenvalue weighted by Crippen LogP contribution is -2.51. The van der Waals surface area contributed by atoms with E-state index in [-0.39, 0.29) is 11.7 Å². The first-order chi connectivity index (χ1) is 8.94. The minimum absolute atomic E-state index is 0.00292. The third-order valence-electron chi connectivity index (χ3n) is 4.10. The van der Waals surface area contributed by atoms with Crippen molar-refractivity contribution in [1.82, 2.24) is 4.90 Å². The minimum Gasteiger partial charge on any atom is -0.409 e. The van der Waals surface area contributed by atoms with E-state index in [2.05, 4.69) is 19.0 Å². The van der Waals surface area contributed by atoms with Crippen LogP contribution >= 0.6 is 0 Å². The number of hydrogen-bond donors (Lipinski definition) is 2. The molecule has 0 aromatic heterocycles. The topological polar surface area (TPSA) is 78.9 Å². The Hall–Kier alpha value is -1.26. The third kappa shape index (κ3) is 3.61. The fourth-order valence-electron chi connectivity index (χ4n) is 2.75. The highest BCUT2D eigenvalue weighted by Crippen LogP contribution is 2.38. The molecule has 1 rings (SSSR count). The van der Waals surface area contributed by atoms with E-state index in [9.17, 15) is 4.79 Å². The lowest BCUT2D eigenvalue weighted by Gasteiger charge is -2.37. The minimum atomic E-state index is -0.779. The van der Waals surface area contributed by atoms with E-state index >= 15 is 0 Å². The van der Waals surface area contributed by atoms with Gasteiger partial charge in [0.15, 0.2) is 5.84 Å². The average molecular weight is 269 g/mol. The van der Waals surface area contributed by atoms with Crippen molar-refractivity contribution >= 4 is 11.7 Å². The first-order valence-corrected chi connectivity index (χ1v) is 7.17. The molecule has 1 fully saturated rings. The van der Waals surface area contributed by atoms with Gasteiger partial charge >= 0.3 is 0 Å². The number of rotatable bonds is 5. The fourth-order valence-corrected chi connectivity index (χ4v) is 2.75. The second-order valence-corrected chi connectivity index (χ2v) is 6.04. The number of carbonyl (C=O) groups excluding carboxylic acids is 1. The van der Waals surface area contributed by atoms with Gasteiger partial charge in [0.25, 0.3) is 0 Å². The standard InChI is InChI=1S/C14H27N3O2/c1-11(2)7-10-17(3)13(18)14(12(15)16-19)8-5-4-6-9-14/h11,19H,4-10H2,1-3H3,(H2,15,16). The normalized spacial score (nSPS) is 19.5. The van der Waals surface area contributed by atoms with Crippen molar-refractivity contribution < 1.29 is 10.0 Å². The molecular formula is C14H27N3O2. The number of nitrogens with zero attached hydrogens (tertiary/aromatic N) is 2. The summed E-state index contributed by atoms with van der Waals surface area (Å²) in [5, 5.41) is 12.1. The van der Waals surface area contributed by atoms with Crippen LogP contribution in [0, 0.1) is 11.3 Å². The van der Waals surface area contributed by atoms with Gasteiger partial charge in [-0.15, -0.1) is 0 Å². The maximum Gasteiger partial charge on any atom is 0.236 e. The molecule has 0 unspecified atom stereocenters. The molecule has 0 aliphatic heterocycles. The fraction of sp³-hybridized carbons (Fsp3) is 0.857. The Morgan fingerprint density at radius 2 is 1.95 bits per heavy atom. The summed E-state index contributed by atoms with van der Waals surface area (Å²) in [7, 11) is 1.81. The van der Waals surface area contributed by atoms with Crippen molar-refractivity contribution in [3.8, 4) is 0 Å². The Bertz CT molecular complexity index is 334. The van der Waals surface area contributed by atoms with Gasteiger partial charge in [0.05, 0.1) is 0 Å². The molecule has 0 heterocycles. The third-order valence-corrected chi connectivity index (χ3v) is 4.10. The zero-order valence-electron chi connectivity index (χ0n) is 12.4. The van der Waals surface area contributed by atoms with E-state index < -0.39 is 5.41 Å². The van der Waals surface area contributed by atoms with Crippen LogP contribution in [0.1, 0.15) is 52.4 Å². The van der Waals surface area contributed by atoms with Crippen molar-refractivity contribution in [3.05, 3.63) is 0 Å². The monoisotopic (exact) mass is 269 g/mol. The van der Waals surface area contributed by atoms with E-state index in [4.69, 9.17) is 10.9 Å². The van der Waals surface area contributed by atoms with Crippen LogP contribution in [0.2, 0.25) is 0 Å². The molecule has 1 amide bonds. The maximum absolute atomic E-state index is 12.7. The van der Waals surface area contributed by atoms with Gasteiger partial charge in [-0.1, -0.05) is 38.3 Å². The van der Waals surface area contributed by atoms with E-state index in [1.54, 1.807) is 4.90 Å². The average Bonchev–Trinajstić information content (AvgIpc) is 2.43. The number of nitrogens with two attached hydrogens (primary N) is 1. The SMILES string of the molecule is CC(C)CCN(C)C(=O)C1(C(N)=NO)CCCCC1. The summed E-state index contributed by atoms with van der Waals surface area (Å²) in [6.07, 6.45) is 5.37. The highest BCUT2D eigenvalue weighted by Gasteiger charge is 2.45. The van der Waals surface area contributed by atoms with Gasteiger partial charge in [0.2, 0.25) is 5.91 Å². The lowest BCUT2D eigenvalue weighted by molar-refractivity contribution is -0.138. The highest BCUT2D eigenvalue weighted by molar-refractivity contribution is 6.06. The summed E-state index contributed by atoms with van der Waals surface area (Å²) in [5.41, 5.74) is 5.05. The first-order valence-electron chi connectivity index (χ1n) is 7.17. The molecule has 110 valence electrons. The highest BCUT2D eigenvalue weighted by atomic mass is 16.4. The molecule has 5 heteroatoms. The molecule has 3 N–H and O–H groups in total. The Morgan fingerprint density at radius 1 is 1.37 bits per heavy atom. The van der Waals surface area contributed by atoms with Crippen molar-refractivity contribution in [3.63, 3.8) is 0 Å².